The van der Waals surface area contributed by atoms with E-state index < -0.39 is 10.7 Å². The number of rotatable bonds is 6. The molecule has 0 aliphatic rings. The fourth-order valence-corrected chi connectivity index (χ4v) is 2.58. The molecule has 136 valence electrons. The second-order valence-electron chi connectivity index (χ2n) is 4.97. The fourth-order valence-electron chi connectivity index (χ4n) is 1.92. The van der Waals surface area contributed by atoms with Crippen LogP contribution in [0.25, 0.3) is 0 Å². The number of nitro groups is 1. The molecule has 0 spiro atoms. The summed E-state index contributed by atoms with van der Waals surface area (Å²) in [5.74, 6) is -2.47. The van der Waals surface area contributed by atoms with Gasteiger partial charge in [-0.15, -0.1) is 0 Å². The number of non-ortho nitro benzene ring substituents is 1. The summed E-state index contributed by atoms with van der Waals surface area (Å²) in [5, 5.41) is 18.0. The molecule has 0 atom stereocenters. The SMILES string of the molecule is C/C(=N/NC(=S)Nc1ccc(SC(F)F)cc1)c1cccc([N+](=O)[O-])c1. The van der Waals surface area contributed by atoms with Crippen molar-refractivity contribution in [2.24, 2.45) is 5.10 Å². The summed E-state index contributed by atoms with van der Waals surface area (Å²) >= 11 is 5.57. The Morgan fingerprint density at radius 3 is 2.58 bits per heavy atom. The van der Waals surface area contributed by atoms with Gasteiger partial charge >= 0.3 is 0 Å². The molecule has 0 amide bonds. The van der Waals surface area contributed by atoms with Gasteiger partial charge in [-0.05, 0) is 43.4 Å². The zero-order valence-electron chi connectivity index (χ0n) is 13.5. The first kappa shape index (κ1) is 19.7. The first-order valence-corrected chi connectivity index (χ1v) is 8.55. The highest BCUT2D eigenvalue weighted by Gasteiger charge is 2.08. The summed E-state index contributed by atoms with van der Waals surface area (Å²) in [4.78, 5) is 10.8. The summed E-state index contributed by atoms with van der Waals surface area (Å²) in [6, 6.07) is 12.4. The second kappa shape index (κ2) is 9.20. The zero-order chi connectivity index (χ0) is 19.1. The van der Waals surface area contributed by atoms with E-state index in [9.17, 15) is 18.9 Å². The molecular weight excluding hydrogens is 382 g/mol. The average Bonchev–Trinajstić information content (AvgIpc) is 2.61. The number of anilines is 1. The van der Waals surface area contributed by atoms with Crippen LogP contribution in [-0.4, -0.2) is 21.5 Å². The van der Waals surface area contributed by atoms with E-state index in [1.54, 1.807) is 43.3 Å². The van der Waals surface area contributed by atoms with Crippen LogP contribution in [0.2, 0.25) is 0 Å². The van der Waals surface area contributed by atoms with E-state index in [1.807, 2.05) is 0 Å². The molecule has 2 aromatic rings. The van der Waals surface area contributed by atoms with E-state index in [-0.39, 0.29) is 10.8 Å². The van der Waals surface area contributed by atoms with Crippen molar-refractivity contribution in [1.82, 2.24) is 5.43 Å². The van der Waals surface area contributed by atoms with E-state index in [1.165, 1.54) is 12.1 Å². The maximum absolute atomic E-state index is 12.3. The molecule has 0 saturated heterocycles. The largest absolute Gasteiger partial charge is 0.331 e. The van der Waals surface area contributed by atoms with Crippen molar-refractivity contribution in [1.29, 1.82) is 0 Å². The molecular formula is C16H14F2N4O2S2. The maximum atomic E-state index is 12.3. The lowest BCUT2D eigenvalue weighted by Crippen LogP contribution is -2.24. The molecule has 0 aromatic heterocycles. The lowest BCUT2D eigenvalue weighted by molar-refractivity contribution is -0.384. The predicted molar refractivity (Wildman–Crippen MR) is 103 cm³/mol. The highest BCUT2D eigenvalue weighted by Crippen LogP contribution is 2.26. The van der Waals surface area contributed by atoms with Crippen LogP contribution in [0, 0.1) is 10.1 Å². The van der Waals surface area contributed by atoms with Crippen molar-refractivity contribution in [2.75, 3.05) is 5.32 Å². The Bertz CT molecular complexity index is 829. The molecule has 6 nitrogen and oxygen atoms in total. The van der Waals surface area contributed by atoms with Gasteiger partial charge in [0, 0.05) is 28.3 Å². The minimum atomic E-state index is -2.47. The van der Waals surface area contributed by atoms with Crippen LogP contribution in [-0.2, 0) is 0 Å². The Labute approximate surface area is 157 Å². The molecule has 0 unspecified atom stereocenters. The monoisotopic (exact) mass is 396 g/mol. The van der Waals surface area contributed by atoms with Gasteiger partial charge in [-0.1, -0.05) is 23.9 Å². The molecule has 0 radical (unpaired) electrons. The van der Waals surface area contributed by atoms with Crippen LogP contribution in [0.4, 0.5) is 20.2 Å². The molecule has 0 aliphatic heterocycles. The number of nitro benzene ring substituents is 1. The minimum Gasteiger partial charge on any atom is -0.331 e. The topological polar surface area (TPSA) is 79.6 Å². The molecule has 2 rings (SSSR count). The first-order chi connectivity index (χ1) is 12.3. The number of hydrazone groups is 1. The third-order valence-corrected chi connectivity index (χ3v) is 4.05. The zero-order valence-corrected chi connectivity index (χ0v) is 15.1. The van der Waals surface area contributed by atoms with Crippen molar-refractivity contribution in [2.45, 2.75) is 17.6 Å². The van der Waals surface area contributed by atoms with Crippen LogP contribution in [0.5, 0.6) is 0 Å². The molecule has 0 bridgehead atoms. The second-order valence-corrected chi connectivity index (χ2v) is 6.45. The highest BCUT2D eigenvalue weighted by atomic mass is 32.2. The third-order valence-electron chi connectivity index (χ3n) is 3.14. The minimum absolute atomic E-state index is 0.0282. The van der Waals surface area contributed by atoms with E-state index >= 15 is 0 Å². The standard InChI is InChI=1S/C16H14F2N4O2S2/c1-10(11-3-2-4-13(9-11)22(23)24)20-21-16(25)19-12-5-7-14(8-6-12)26-15(17)18/h2-9,15H,1H3,(H2,19,21,25)/b20-10-. The predicted octanol–water partition coefficient (Wildman–Crippen LogP) is 4.62. The van der Waals surface area contributed by atoms with Gasteiger partial charge in [0.05, 0.1) is 10.6 Å². The number of thioether (sulfide) groups is 1. The van der Waals surface area contributed by atoms with Gasteiger partial charge in [-0.25, -0.2) is 0 Å². The lowest BCUT2D eigenvalue weighted by Gasteiger charge is -2.09. The molecule has 0 aliphatic carbocycles. The highest BCUT2D eigenvalue weighted by molar-refractivity contribution is 7.99. The number of thiocarbonyl (C=S) groups is 1. The molecule has 0 fully saturated rings. The van der Waals surface area contributed by atoms with Gasteiger partial charge in [0.2, 0.25) is 0 Å². The van der Waals surface area contributed by atoms with Crippen LogP contribution >= 0.6 is 24.0 Å². The number of benzene rings is 2. The Morgan fingerprint density at radius 1 is 1.27 bits per heavy atom. The summed E-state index contributed by atoms with van der Waals surface area (Å²) in [7, 11) is 0. The Morgan fingerprint density at radius 2 is 1.96 bits per heavy atom. The quantitative estimate of drug-likeness (QED) is 0.244. The van der Waals surface area contributed by atoms with Gasteiger partial charge in [0.1, 0.15) is 0 Å². The molecule has 10 heteroatoms. The van der Waals surface area contributed by atoms with E-state index in [2.05, 4.69) is 15.8 Å². The van der Waals surface area contributed by atoms with E-state index in [0.29, 0.717) is 33.6 Å². The summed E-state index contributed by atoms with van der Waals surface area (Å²) in [6.07, 6.45) is 0. The Balaban J connectivity index is 1.96. The number of alkyl halides is 2. The molecule has 26 heavy (non-hydrogen) atoms. The number of hydrogen-bond acceptors (Lipinski definition) is 5. The Hall–Kier alpha value is -2.59. The average molecular weight is 396 g/mol. The normalized spacial score (nSPS) is 11.3. The van der Waals surface area contributed by atoms with Gasteiger partial charge in [-0.3, -0.25) is 15.5 Å². The maximum Gasteiger partial charge on any atom is 0.288 e. The van der Waals surface area contributed by atoms with Crippen LogP contribution in [0.1, 0.15) is 12.5 Å². The van der Waals surface area contributed by atoms with Crippen LogP contribution in [0.3, 0.4) is 0 Å². The van der Waals surface area contributed by atoms with Crippen molar-refractivity contribution < 1.29 is 13.7 Å². The van der Waals surface area contributed by atoms with Crippen molar-refractivity contribution in [3.63, 3.8) is 0 Å². The van der Waals surface area contributed by atoms with Crippen molar-refractivity contribution >= 4 is 46.2 Å². The summed E-state index contributed by atoms with van der Waals surface area (Å²) in [5.41, 5.74) is 4.33. The van der Waals surface area contributed by atoms with Gasteiger partial charge in [0.15, 0.2) is 5.11 Å². The number of hydrogen-bond donors (Lipinski definition) is 2. The van der Waals surface area contributed by atoms with Gasteiger partial charge in [0.25, 0.3) is 11.4 Å². The number of nitrogens with one attached hydrogen (secondary N) is 2. The Kier molecular flexibility index (Phi) is 6.98. The summed E-state index contributed by atoms with van der Waals surface area (Å²) in [6.45, 7) is 1.69. The van der Waals surface area contributed by atoms with E-state index in [4.69, 9.17) is 12.2 Å². The van der Waals surface area contributed by atoms with Gasteiger partial charge < -0.3 is 5.32 Å². The molecule has 0 saturated carbocycles. The van der Waals surface area contributed by atoms with Crippen LogP contribution in [0.15, 0.2) is 58.5 Å². The fraction of sp³-hybridized carbons (Fsp3) is 0.125. The van der Waals surface area contributed by atoms with Crippen LogP contribution < -0.4 is 10.7 Å². The first-order valence-electron chi connectivity index (χ1n) is 7.26. The lowest BCUT2D eigenvalue weighted by atomic mass is 10.1. The molecule has 2 N–H and O–H groups in total. The van der Waals surface area contributed by atoms with Gasteiger partial charge in [-0.2, -0.15) is 13.9 Å². The summed E-state index contributed by atoms with van der Waals surface area (Å²) < 4.78 is 24.6. The molecule has 2 aromatic carbocycles. The van der Waals surface area contributed by atoms with E-state index in [0.717, 1.165) is 0 Å². The van der Waals surface area contributed by atoms with Crippen molar-refractivity contribution in [3.8, 4) is 0 Å². The number of nitrogens with zero attached hydrogens (tertiary/aromatic N) is 2. The van der Waals surface area contributed by atoms with Crippen molar-refractivity contribution in [3.05, 3.63) is 64.2 Å². The third kappa shape index (κ3) is 6.05. The smallest absolute Gasteiger partial charge is 0.288 e. The molecule has 0 heterocycles. The number of halogens is 2.